The Morgan fingerprint density at radius 1 is 1.47 bits per heavy atom. The van der Waals surface area contributed by atoms with E-state index in [9.17, 15) is 14.3 Å². The molecule has 0 spiro atoms. The lowest BCUT2D eigenvalue weighted by Gasteiger charge is -2.46. The zero-order valence-electron chi connectivity index (χ0n) is 9.27. The number of carbonyl (C=O) groups excluding carboxylic acids is 1. The lowest BCUT2D eigenvalue weighted by atomic mass is 9.88. The number of halogens is 1. The topological polar surface area (TPSA) is 53.4 Å². The highest BCUT2D eigenvalue weighted by Crippen LogP contribution is 2.44. The average Bonchev–Trinajstić information content (AvgIpc) is 3.08. The molecule has 0 unspecified atom stereocenters. The van der Waals surface area contributed by atoms with E-state index in [1.54, 1.807) is 0 Å². The minimum atomic E-state index is -0.698. The first-order valence-electron chi connectivity index (χ1n) is 5.71. The van der Waals surface area contributed by atoms with Gasteiger partial charge in [-0.3, -0.25) is 9.78 Å². The number of amides is 1. The van der Waals surface area contributed by atoms with Crippen LogP contribution < -0.4 is 0 Å². The Morgan fingerprint density at radius 2 is 2.18 bits per heavy atom. The average molecular weight is 236 g/mol. The normalized spacial score (nSPS) is 22.1. The van der Waals surface area contributed by atoms with Crippen molar-refractivity contribution in [2.75, 3.05) is 13.1 Å². The second-order valence-corrected chi connectivity index (χ2v) is 4.93. The van der Waals surface area contributed by atoms with E-state index in [-0.39, 0.29) is 11.5 Å². The third-order valence-corrected chi connectivity index (χ3v) is 3.51. The zero-order chi connectivity index (χ0) is 12.0. The van der Waals surface area contributed by atoms with Gasteiger partial charge in [-0.1, -0.05) is 0 Å². The van der Waals surface area contributed by atoms with Gasteiger partial charge in [0, 0.05) is 6.20 Å². The van der Waals surface area contributed by atoms with E-state index in [0.29, 0.717) is 19.0 Å². The maximum atomic E-state index is 12.9. The highest BCUT2D eigenvalue weighted by Gasteiger charge is 2.53. The summed E-state index contributed by atoms with van der Waals surface area (Å²) in [5, 5.41) is 10.1. The van der Waals surface area contributed by atoms with Crippen LogP contribution in [0.2, 0.25) is 0 Å². The first kappa shape index (κ1) is 10.7. The third kappa shape index (κ3) is 1.80. The summed E-state index contributed by atoms with van der Waals surface area (Å²) in [6.07, 6.45) is 4.49. The monoisotopic (exact) mass is 236 g/mol. The maximum absolute atomic E-state index is 12.9. The Hall–Kier alpha value is -1.49. The molecule has 1 aliphatic heterocycles. The molecule has 1 saturated heterocycles. The number of hydrogen-bond acceptors (Lipinski definition) is 3. The van der Waals surface area contributed by atoms with Crippen molar-refractivity contribution < 1.29 is 14.3 Å². The van der Waals surface area contributed by atoms with Crippen LogP contribution in [-0.4, -0.2) is 39.6 Å². The molecule has 5 heteroatoms. The molecule has 1 aromatic heterocycles. The number of β-amino-alcohol motifs (C(OH)–C–C–N with tert-alkyl or cyclic N) is 1. The van der Waals surface area contributed by atoms with Crippen molar-refractivity contribution >= 4 is 5.91 Å². The van der Waals surface area contributed by atoms with E-state index in [4.69, 9.17) is 0 Å². The van der Waals surface area contributed by atoms with E-state index in [1.165, 1.54) is 17.2 Å². The van der Waals surface area contributed by atoms with Crippen LogP contribution in [0.5, 0.6) is 0 Å². The summed E-state index contributed by atoms with van der Waals surface area (Å²) in [6.45, 7) is 0.708. The fourth-order valence-corrected chi connectivity index (χ4v) is 2.35. The quantitative estimate of drug-likeness (QED) is 0.827. The number of likely N-dealkylation sites (tertiary alicyclic amines) is 1. The number of aliphatic hydroxyl groups is 1. The number of rotatable bonds is 2. The first-order chi connectivity index (χ1) is 8.08. The Bertz CT molecular complexity index is 467. The van der Waals surface area contributed by atoms with Crippen LogP contribution in [-0.2, 0) is 0 Å². The molecule has 2 aliphatic rings. The van der Waals surface area contributed by atoms with E-state index >= 15 is 0 Å². The van der Waals surface area contributed by atoms with Crippen molar-refractivity contribution in [2.24, 2.45) is 5.92 Å². The molecule has 17 heavy (non-hydrogen) atoms. The summed E-state index contributed by atoms with van der Waals surface area (Å²) in [5.74, 6) is -0.437. The van der Waals surface area contributed by atoms with Crippen LogP contribution >= 0.6 is 0 Å². The minimum absolute atomic E-state index is 0.239. The molecule has 0 bridgehead atoms. The Balaban J connectivity index is 1.69. The molecule has 1 saturated carbocycles. The summed E-state index contributed by atoms with van der Waals surface area (Å²) in [6, 6.07) is 1.17. The number of carbonyl (C=O) groups is 1. The summed E-state index contributed by atoms with van der Waals surface area (Å²) < 4.78 is 12.9. The largest absolute Gasteiger partial charge is 0.386 e. The fraction of sp³-hybridized carbons (Fsp3) is 0.500. The molecule has 2 heterocycles. The molecule has 4 nitrogen and oxygen atoms in total. The van der Waals surface area contributed by atoms with Crippen molar-refractivity contribution in [1.29, 1.82) is 0 Å². The van der Waals surface area contributed by atoms with Gasteiger partial charge in [-0.05, 0) is 24.8 Å². The molecule has 0 atom stereocenters. The number of pyridine rings is 1. The van der Waals surface area contributed by atoms with Crippen molar-refractivity contribution in [2.45, 2.75) is 18.4 Å². The van der Waals surface area contributed by atoms with Gasteiger partial charge in [0.15, 0.2) is 0 Å². The van der Waals surface area contributed by atoms with Crippen molar-refractivity contribution in [3.63, 3.8) is 0 Å². The molecule has 1 aromatic rings. The molecule has 0 radical (unpaired) electrons. The molecule has 1 aliphatic carbocycles. The predicted molar refractivity (Wildman–Crippen MR) is 57.8 cm³/mol. The smallest absolute Gasteiger partial charge is 0.255 e. The summed E-state index contributed by atoms with van der Waals surface area (Å²) >= 11 is 0. The lowest BCUT2D eigenvalue weighted by Crippen LogP contribution is -2.64. The molecular formula is C12H13FN2O2. The highest BCUT2D eigenvalue weighted by molar-refractivity contribution is 5.94. The maximum Gasteiger partial charge on any atom is 0.255 e. The second kappa shape index (κ2) is 3.50. The fourth-order valence-electron chi connectivity index (χ4n) is 2.35. The van der Waals surface area contributed by atoms with Gasteiger partial charge in [0.2, 0.25) is 0 Å². The van der Waals surface area contributed by atoms with Crippen LogP contribution in [0.25, 0.3) is 0 Å². The van der Waals surface area contributed by atoms with Gasteiger partial charge in [-0.2, -0.15) is 0 Å². The predicted octanol–water partition coefficient (Wildman–Crippen LogP) is 0.818. The molecule has 1 N–H and O–H groups in total. The SMILES string of the molecule is O=C(c1cncc(F)c1)N1CC(O)(C2CC2)C1. The van der Waals surface area contributed by atoms with Crippen LogP contribution in [0.15, 0.2) is 18.5 Å². The molecule has 3 rings (SSSR count). The van der Waals surface area contributed by atoms with Gasteiger partial charge in [0.1, 0.15) is 11.4 Å². The first-order valence-corrected chi connectivity index (χ1v) is 5.71. The van der Waals surface area contributed by atoms with Crippen LogP contribution in [0, 0.1) is 11.7 Å². The van der Waals surface area contributed by atoms with Crippen LogP contribution in [0.4, 0.5) is 4.39 Å². The van der Waals surface area contributed by atoms with Gasteiger partial charge in [0.25, 0.3) is 5.91 Å². The Morgan fingerprint density at radius 3 is 2.76 bits per heavy atom. The molecular weight excluding hydrogens is 223 g/mol. The lowest BCUT2D eigenvalue weighted by molar-refractivity contribution is -0.0958. The van der Waals surface area contributed by atoms with Gasteiger partial charge >= 0.3 is 0 Å². The number of hydrogen-bond donors (Lipinski definition) is 1. The molecule has 0 aromatic carbocycles. The summed E-state index contributed by atoms with van der Waals surface area (Å²) in [7, 11) is 0. The van der Waals surface area contributed by atoms with E-state index in [2.05, 4.69) is 4.98 Å². The van der Waals surface area contributed by atoms with Crippen molar-refractivity contribution in [1.82, 2.24) is 9.88 Å². The molecule has 90 valence electrons. The standard InChI is InChI=1S/C12H13FN2O2/c13-10-3-8(4-14-5-10)11(16)15-6-12(17,7-15)9-1-2-9/h3-5,9,17H,1-2,6-7H2. The zero-order valence-corrected chi connectivity index (χ0v) is 9.27. The van der Waals surface area contributed by atoms with E-state index in [0.717, 1.165) is 19.0 Å². The molecule has 2 fully saturated rings. The van der Waals surface area contributed by atoms with E-state index < -0.39 is 11.4 Å². The summed E-state index contributed by atoms with van der Waals surface area (Å²) in [5.41, 5.74) is -0.459. The Labute approximate surface area is 98.1 Å². The van der Waals surface area contributed by atoms with Gasteiger partial charge < -0.3 is 10.0 Å². The van der Waals surface area contributed by atoms with Crippen molar-refractivity contribution in [3.05, 3.63) is 29.8 Å². The van der Waals surface area contributed by atoms with E-state index in [1.807, 2.05) is 0 Å². The number of aromatic nitrogens is 1. The van der Waals surface area contributed by atoms with Gasteiger partial charge in [-0.25, -0.2) is 4.39 Å². The highest BCUT2D eigenvalue weighted by atomic mass is 19.1. The van der Waals surface area contributed by atoms with Crippen LogP contribution in [0.1, 0.15) is 23.2 Å². The summed E-state index contributed by atoms with van der Waals surface area (Å²) in [4.78, 5) is 17.1. The Kier molecular flexibility index (Phi) is 2.19. The van der Waals surface area contributed by atoms with Gasteiger partial charge in [0.05, 0.1) is 24.8 Å². The van der Waals surface area contributed by atoms with Crippen molar-refractivity contribution in [3.8, 4) is 0 Å². The minimum Gasteiger partial charge on any atom is -0.386 e. The second-order valence-electron chi connectivity index (χ2n) is 4.93. The number of nitrogens with zero attached hydrogens (tertiary/aromatic N) is 2. The van der Waals surface area contributed by atoms with Crippen LogP contribution in [0.3, 0.4) is 0 Å². The third-order valence-electron chi connectivity index (χ3n) is 3.51. The molecule has 1 amide bonds. The van der Waals surface area contributed by atoms with Gasteiger partial charge in [-0.15, -0.1) is 0 Å².